The van der Waals surface area contributed by atoms with Crippen LogP contribution in [0.25, 0.3) is 0 Å². The van der Waals surface area contributed by atoms with Crippen LogP contribution >= 0.6 is 11.3 Å². The summed E-state index contributed by atoms with van der Waals surface area (Å²) in [6.45, 7) is 0.686. The van der Waals surface area contributed by atoms with Gasteiger partial charge in [0.25, 0.3) is 10.1 Å². The van der Waals surface area contributed by atoms with Crippen molar-refractivity contribution in [2.24, 2.45) is 0 Å². The second-order valence-corrected chi connectivity index (χ2v) is 6.14. The molecule has 1 atom stereocenters. The van der Waals surface area contributed by atoms with E-state index in [-0.39, 0.29) is 5.75 Å². The minimum atomic E-state index is -3.87. The largest absolute Gasteiger partial charge is 0.482 e. The van der Waals surface area contributed by atoms with E-state index in [1.165, 1.54) is 11.3 Å². The first kappa shape index (κ1) is 13.6. The topological polar surface area (TPSA) is 82.1 Å². The summed E-state index contributed by atoms with van der Waals surface area (Å²) in [5.74, 6) is 1.16. The molecule has 2 heterocycles. The normalized spacial score (nSPS) is 18.8. The molecule has 102 valence electrons. The number of unbranched alkanes of at least 4 members (excludes halogenated alkanes) is 1. The minimum absolute atomic E-state index is 0.243. The molecule has 0 fully saturated rings. The van der Waals surface area contributed by atoms with E-state index in [0.717, 1.165) is 5.75 Å². The minimum Gasteiger partial charge on any atom is -0.482 e. The molecule has 0 amide bonds. The monoisotopic (exact) mass is 294 g/mol. The van der Waals surface area contributed by atoms with Gasteiger partial charge in [-0.1, -0.05) is 0 Å². The van der Waals surface area contributed by atoms with Gasteiger partial charge in [-0.2, -0.15) is 8.42 Å². The molecule has 1 N–H and O–H groups in total. The van der Waals surface area contributed by atoms with Crippen molar-refractivity contribution in [1.82, 2.24) is 0 Å². The van der Waals surface area contributed by atoms with E-state index >= 15 is 0 Å². The molecule has 2 rings (SSSR count). The van der Waals surface area contributed by atoms with Gasteiger partial charge in [-0.15, -0.1) is 11.3 Å². The summed E-state index contributed by atoms with van der Waals surface area (Å²) in [6, 6.07) is 0. The first-order valence-electron chi connectivity index (χ1n) is 5.47. The van der Waals surface area contributed by atoms with Crippen LogP contribution in [0, 0.1) is 0 Å². The van der Waals surface area contributed by atoms with Crippen LogP contribution in [-0.4, -0.2) is 38.2 Å². The third-order valence-electron chi connectivity index (χ3n) is 2.33. The summed E-state index contributed by atoms with van der Waals surface area (Å²) < 4.78 is 45.8. The molecule has 18 heavy (non-hydrogen) atoms. The first-order chi connectivity index (χ1) is 8.54. The van der Waals surface area contributed by atoms with Crippen LogP contribution in [0.15, 0.2) is 10.8 Å². The van der Waals surface area contributed by atoms with Gasteiger partial charge in [0.15, 0.2) is 18.1 Å². The van der Waals surface area contributed by atoms with Crippen LogP contribution < -0.4 is 9.47 Å². The molecule has 0 spiro atoms. The summed E-state index contributed by atoms with van der Waals surface area (Å²) >= 11 is 1.49. The molecule has 1 unspecified atom stereocenters. The Labute approximate surface area is 109 Å². The second-order valence-electron chi connectivity index (χ2n) is 3.82. The summed E-state index contributed by atoms with van der Waals surface area (Å²) in [4.78, 5) is 0. The molecule has 0 bridgehead atoms. The fourth-order valence-electron chi connectivity index (χ4n) is 1.48. The van der Waals surface area contributed by atoms with Crippen molar-refractivity contribution in [3.8, 4) is 11.5 Å². The van der Waals surface area contributed by atoms with Crippen molar-refractivity contribution < 1.29 is 27.2 Å². The van der Waals surface area contributed by atoms with Gasteiger partial charge in [0, 0.05) is 10.8 Å². The van der Waals surface area contributed by atoms with Crippen LogP contribution in [0.4, 0.5) is 0 Å². The van der Waals surface area contributed by atoms with Crippen LogP contribution in [-0.2, 0) is 14.9 Å². The van der Waals surface area contributed by atoms with Crippen molar-refractivity contribution in [3.05, 3.63) is 10.8 Å². The van der Waals surface area contributed by atoms with Crippen LogP contribution in [0.3, 0.4) is 0 Å². The maximum atomic E-state index is 10.5. The van der Waals surface area contributed by atoms with E-state index in [1.807, 2.05) is 10.8 Å². The zero-order valence-corrected chi connectivity index (χ0v) is 11.2. The average molecular weight is 294 g/mol. The number of fused-ring (bicyclic) bond motifs is 1. The van der Waals surface area contributed by atoms with E-state index in [4.69, 9.17) is 18.8 Å². The molecule has 1 aliphatic heterocycles. The van der Waals surface area contributed by atoms with E-state index in [9.17, 15) is 8.42 Å². The van der Waals surface area contributed by atoms with Crippen molar-refractivity contribution in [1.29, 1.82) is 0 Å². The highest BCUT2D eigenvalue weighted by atomic mass is 32.2. The Morgan fingerprint density at radius 3 is 2.94 bits per heavy atom. The molecule has 0 saturated heterocycles. The first-order valence-corrected chi connectivity index (χ1v) is 8.02. The number of hydrogen-bond acceptors (Lipinski definition) is 6. The molecular formula is C10H14O6S2. The lowest BCUT2D eigenvalue weighted by molar-refractivity contribution is -0.116. The van der Waals surface area contributed by atoms with Gasteiger partial charge < -0.3 is 14.2 Å². The second kappa shape index (κ2) is 5.87. The highest BCUT2D eigenvalue weighted by Crippen LogP contribution is 2.35. The third kappa shape index (κ3) is 4.13. The fraction of sp³-hybridized carbons (Fsp3) is 0.600. The Balaban J connectivity index is 1.64. The number of thiophene rings is 1. The highest BCUT2D eigenvalue weighted by molar-refractivity contribution is 7.85. The standard InChI is InChI=1S/C10H14O6S2/c11-18(12,13)4-2-1-3-14-10-5-15-8-6-17-7-9(8)16-10/h6-7,10H,1-5H2,(H,11,12,13). The van der Waals surface area contributed by atoms with E-state index in [2.05, 4.69) is 0 Å². The lowest BCUT2D eigenvalue weighted by Crippen LogP contribution is -2.31. The summed E-state index contributed by atoms with van der Waals surface area (Å²) in [5.41, 5.74) is 0. The van der Waals surface area contributed by atoms with E-state index < -0.39 is 16.4 Å². The van der Waals surface area contributed by atoms with E-state index in [1.54, 1.807) is 0 Å². The molecule has 8 heteroatoms. The SMILES string of the molecule is O=S(=O)(O)CCCCOC1COc2cscc2O1. The summed E-state index contributed by atoms with van der Waals surface area (Å²) in [5, 5.41) is 3.70. The lowest BCUT2D eigenvalue weighted by atomic mass is 10.3. The van der Waals surface area contributed by atoms with Gasteiger partial charge in [-0.05, 0) is 12.8 Å². The fourth-order valence-corrected chi connectivity index (χ4v) is 2.72. The van der Waals surface area contributed by atoms with Gasteiger partial charge in [-0.25, -0.2) is 0 Å². The van der Waals surface area contributed by atoms with Gasteiger partial charge >= 0.3 is 0 Å². The Hall–Kier alpha value is -0.830. The molecular weight excluding hydrogens is 280 g/mol. The van der Waals surface area contributed by atoms with Gasteiger partial charge in [0.2, 0.25) is 6.29 Å². The number of rotatable bonds is 6. The Morgan fingerprint density at radius 2 is 2.17 bits per heavy atom. The molecule has 0 radical (unpaired) electrons. The van der Waals surface area contributed by atoms with Gasteiger partial charge in [0.1, 0.15) is 0 Å². The molecule has 1 aromatic heterocycles. The van der Waals surface area contributed by atoms with Crippen LogP contribution in [0.2, 0.25) is 0 Å². The highest BCUT2D eigenvalue weighted by Gasteiger charge is 2.21. The van der Waals surface area contributed by atoms with Gasteiger partial charge in [-0.3, -0.25) is 4.55 Å². The molecule has 6 nitrogen and oxygen atoms in total. The quantitative estimate of drug-likeness (QED) is 0.633. The molecule has 0 aromatic carbocycles. The van der Waals surface area contributed by atoms with Crippen molar-refractivity contribution >= 4 is 21.5 Å². The molecule has 1 aliphatic rings. The summed E-state index contributed by atoms with van der Waals surface area (Å²) in [7, 11) is -3.87. The Kier molecular flexibility index (Phi) is 4.44. The maximum absolute atomic E-state index is 10.5. The van der Waals surface area contributed by atoms with Crippen molar-refractivity contribution in [3.63, 3.8) is 0 Å². The zero-order valence-electron chi connectivity index (χ0n) is 9.57. The maximum Gasteiger partial charge on any atom is 0.264 e. The predicted octanol–water partition coefficient (Wildman–Crippen LogP) is 1.53. The molecule has 0 saturated carbocycles. The Bertz CT molecular complexity index is 480. The lowest BCUT2D eigenvalue weighted by Gasteiger charge is -2.24. The van der Waals surface area contributed by atoms with Crippen LogP contribution in [0.5, 0.6) is 11.5 Å². The average Bonchev–Trinajstić information content (AvgIpc) is 2.74. The number of hydrogen-bond donors (Lipinski definition) is 1. The zero-order chi connectivity index (χ0) is 13.0. The van der Waals surface area contributed by atoms with Crippen molar-refractivity contribution in [2.45, 2.75) is 19.1 Å². The van der Waals surface area contributed by atoms with Crippen LogP contribution in [0.1, 0.15) is 12.8 Å². The summed E-state index contributed by atoms with van der Waals surface area (Å²) in [6.07, 6.45) is 0.435. The Morgan fingerprint density at radius 1 is 1.39 bits per heavy atom. The predicted molar refractivity (Wildman–Crippen MR) is 65.8 cm³/mol. The molecule has 1 aromatic rings. The van der Waals surface area contributed by atoms with E-state index in [0.29, 0.717) is 31.8 Å². The van der Waals surface area contributed by atoms with Crippen molar-refractivity contribution in [2.75, 3.05) is 19.0 Å². The third-order valence-corrected chi connectivity index (χ3v) is 3.83. The smallest absolute Gasteiger partial charge is 0.264 e. The molecule has 0 aliphatic carbocycles. The number of ether oxygens (including phenoxy) is 3. The van der Waals surface area contributed by atoms with Gasteiger partial charge in [0.05, 0.1) is 12.4 Å².